The molecule has 0 bridgehead atoms. The molecule has 0 unspecified atom stereocenters. The number of carbonyl (C=O) groups is 1. The molecule has 0 aliphatic heterocycles. The first-order chi connectivity index (χ1) is 9.20. The molecule has 0 spiro atoms. The molecule has 2 rings (SSSR count). The van der Waals surface area contributed by atoms with E-state index in [2.05, 4.69) is 31.9 Å². The molecule has 0 N–H and O–H groups in total. The number of hydrogen-bond acceptors (Lipinski definition) is 2. The number of thiophene rings is 1. The normalized spacial score (nSPS) is 11.7. The molecule has 1 aromatic heterocycles. The van der Waals surface area contributed by atoms with Gasteiger partial charge in [0.05, 0.1) is 19.2 Å². The third-order valence-corrected chi connectivity index (χ3v) is 5.57. The minimum absolute atomic E-state index is 0.0362. The lowest BCUT2D eigenvalue weighted by atomic mass is 10.1. The summed E-state index contributed by atoms with van der Waals surface area (Å²) in [6.07, 6.45) is -4.52. The molecule has 20 heavy (non-hydrogen) atoms. The molecule has 0 aliphatic rings. The third-order valence-electron chi connectivity index (χ3n) is 2.40. The van der Waals surface area contributed by atoms with Crippen LogP contribution in [0.4, 0.5) is 13.2 Å². The fourth-order valence-corrected chi connectivity index (χ4v) is 3.62. The van der Waals surface area contributed by atoms with Gasteiger partial charge in [-0.1, -0.05) is 27.5 Å². The molecule has 0 saturated carbocycles. The quantitative estimate of drug-likeness (QED) is 0.502. The van der Waals surface area contributed by atoms with Crippen LogP contribution >= 0.6 is 54.8 Å². The summed E-state index contributed by atoms with van der Waals surface area (Å²) in [4.78, 5) is 12.4. The first-order valence-corrected chi connectivity index (χ1v) is 7.84. The van der Waals surface area contributed by atoms with Gasteiger partial charge in [-0.2, -0.15) is 13.2 Å². The second-order valence-electron chi connectivity index (χ2n) is 3.75. The van der Waals surface area contributed by atoms with E-state index >= 15 is 0 Å². The molecule has 1 aromatic carbocycles. The summed E-state index contributed by atoms with van der Waals surface area (Å²) in [5.74, 6) is -0.499. The van der Waals surface area contributed by atoms with Crippen LogP contribution in [-0.4, -0.2) is 5.78 Å². The predicted octanol–water partition coefficient (Wildman–Crippen LogP) is 6.18. The molecular formula is C12H4Br2ClF3OS. The van der Waals surface area contributed by atoms with E-state index in [0.29, 0.717) is 8.81 Å². The summed E-state index contributed by atoms with van der Waals surface area (Å²) >= 11 is 12.9. The summed E-state index contributed by atoms with van der Waals surface area (Å²) in [5.41, 5.74) is -0.920. The van der Waals surface area contributed by atoms with E-state index in [0.717, 1.165) is 17.4 Å². The molecule has 2 aromatic rings. The summed E-state index contributed by atoms with van der Waals surface area (Å²) < 4.78 is 38.8. The fourth-order valence-electron chi connectivity index (χ4n) is 1.48. The largest absolute Gasteiger partial charge is 0.417 e. The standard InChI is InChI=1S/C12H4Br2ClF3OS/c13-7-2-1-5(3-6(7)12(16,17)18)10(19)9-4-8(15)11(14)20-9/h1-4H. The minimum atomic E-state index is -4.52. The molecule has 8 heteroatoms. The van der Waals surface area contributed by atoms with Gasteiger partial charge in [-0.05, 0) is 40.2 Å². The number of rotatable bonds is 2. The monoisotopic (exact) mass is 446 g/mol. The molecule has 0 saturated heterocycles. The van der Waals surface area contributed by atoms with Crippen molar-refractivity contribution in [3.05, 3.63) is 53.6 Å². The Morgan fingerprint density at radius 1 is 1.20 bits per heavy atom. The van der Waals surface area contributed by atoms with E-state index in [1.165, 1.54) is 18.2 Å². The van der Waals surface area contributed by atoms with Crippen molar-refractivity contribution in [3.8, 4) is 0 Å². The number of ketones is 1. The van der Waals surface area contributed by atoms with Gasteiger partial charge in [0, 0.05) is 10.0 Å². The molecule has 1 heterocycles. The molecule has 0 radical (unpaired) electrons. The van der Waals surface area contributed by atoms with Crippen LogP contribution in [0.3, 0.4) is 0 Å². The van der Waals surface area contributed by atoms with Crippen LogP contribution in [0.15, 0.2) is 32.5 Å². The van der Waals surface area contributed by atoms with Gasteiger partial charge in [0.25, 0.3) is 0 Å². The van der Waals surface area contributed by atoms with Gasteiger partial charge in [0.2, 0.25) is 5.78 Å². The summed E-state index contributed by atoms with van der Waals surface area (Å²) in [6, 6.07) is 4.80. The van der Waals surface area contributed by atoms with Crippen molar-refractivity contribution in [2.75, 3.05) is 0 Å². The van der Waals surface area contributed by atoms with Gasteiger partial charge in [-0.15, -0.1) is 11.3 Å². The lowest BCUT2D eigenvalue weighted by Gasteiger charge is -2.10. The van der Waals surface area contributed by atoms with Crippen molar-refractivity contribution in [1.82, 2.24) is 0 Å². The average Bonchev–Trinajstić information content (AvgIpc) is 2.68. The Hall–Kier alpha value is -0.370. The maximum absolute atomic E-state index is 12.8. The zero-order valence-electron chi connectivity index (χ0n) is 9.39. The number of alkyl halides is 3. The Balaban J connectivity index is 2.46. The van der Waals surface area contributed by atoms with Gasteiger partial charge in [0.1, 0.15) is 0 Å². The van der Waals surface area contributed by atoms with Crippen LogP contribution in [0.5, 0.6) is 0 Å². The van der Waals surface area contributed by atoms with E-state index in [9.17, 15) is 18.0 Å². The van der Waals surface area contributed by atoms with Crippen molar-refractivity contribution in [1.29, 1.82) is 0 Å². The van der Waals surface area contributed by atoms with Crippen molar-refractivity contribution in [2.45, 2.75) is 6.18 Å². The Morgan fingerprint density at radius 3 is 2.35 bits per heavy atom. The highest BCUT2D eigenvalue weighted by molar-refractivity contribution is 9.11. The smallest absolute Gasteiger partial charge is 0.288 e. The van der Waals surface area contributed by atoms with E-state index in [-0.39, 0.29) is 14.9 Å². The first kappa shape index (κ1) is 16.0. The minimum Gasteiger partial charge on any atom is -0.288 e. The van der Waals surface area contributed by atoms with Gasteiger partial charge < -0.3 is 0 Å². The second-order valence-corrected chi connectivity index (χ2v) is 7.39. The Bertz CT molecular complexity index is 662. The van der Waals surface area contributed by atoms with Crippen LogP contribution in [0.25, 0.3) is 0 Å². The van der Waals surface area contributed by atoms with Crippen molar-refractivity contribution in [2.24, 2.45) is 0 Å². The topological polar surface area (TPSA) is 17.1 Å². The van der Waals surface area contributed by atoms with E-state index in [4.69, 9.17) is 11.6 Å². The van der Waals surface area contributed by atoms with Crippen LogP contribution in [0.1, 0.15) is 20.8 Å². The van der Waals surface area contributed by atoms with Crippen molar-refractivity contribution in [3.63, 3.8) is 0 Å². The van der Waals surface area contributed by atoms with Crippen molar-refractivity contribution >= 4 is 60.6 Å². The Kier molecular flexibility index (Phi) is 4.63. The molecule has 1 nitrogen and oxygen atoms in total. The molecule has 0 aliphatic carbocycles. The van der Waals surface area contributed by atoms with Gasteiger partial charge in [-0.25, -0.2) is 0 Å². The number of hydrogen-bond donors (Lipinski definition) is 0. The van der Waals surface area contributed by atoms with E-state index < -0.39 is 17.5 Å². The van der Waals surface area contributed by atoms with Gasteiger partial charge >= 0.3 is 6.18 Å². The average molecular weight is 448 g/mol. The highest BCUT2D eigenvalue weighted by Gasteiger charge is 2.33. The molecule has 0 amide bonds. The molecule has 0 fully saturated rings. The zero-order chi connectivity index (χ0) is 15.1. The van der Waals surface area contributed by atoms with Crippen LogP contribution < -0.4 is 0 Å². The SMILES string of the molecule is O=C(c1ccc(Br)c(C(F)(F)F)c1)c1cc(Cl)c(Br)s1. The highest BCUT2D eigenvalue weighted by atomic mass is 79.9. The predicted molar refractivity (Wildman–Crippen MR) is 79.6 cm³/mol. The lowest BCUT2D eigenvalue weighted by Crippen LogP contribution is -2.08. The Labute approximate surface area is 138 Å². The highest BCUT2D eigenvalue weighted by Crippen LogP contribution is 2.37. The number of carbonyl (C=O) groups excluding carboxylic acids is 1. The molecule has 106 valence electrons. The maximum atomic E-state index is 12.8. The zero-order valence-corrected chi connectivity index (χ0v) is 14.1. The van der Waals surface area contributed by atoms with E-state index in [1.807, 2.05) is 0 Å². The molecule has 0 atom stereocenters. The van der Waals surface area contributed by atoms with Crippen LogP contribution in [-0.2, 0) is 6.18 Å². The summed E-state index contributed by atoms with van der Waals surface area (Å²) in [5, 5.41) is 0.353. The molecular weight excluding hydrogens is 444 g/mol. The third kappa shape index (κ3) is 3.27. The van der Waals surface area contributed by atoms with Crippen LogP contribution in [0.2, 0.25) is 5.02 Å². The summed E-state index contributed by atoms with van der Waals surface area (Å²) in [7, 11) is 0. The first-order valence-electron chi connectivity index (χ1n) is 5.06. The number of benzene rings is 1. The van der Waals surface area contributed by atoms with Crippen LogP contribution in [0, 0.1) is 0 Å². The van der Waals surface area contributed by atoms with Gasteiger partial charge in [-0.3, -0.25) is 4.79 Å². The summed E-state index contributed by atoms with van der Waals surface area (Å²) in [6.45, 7) is 0. The number of halogens is 6. The fraction of sp³-hybridized carbons (Fsp3) is 0.0833. The Morgan fingerprint density at radius 2 is 1.85 bits per heavy atom. The van der Waals surface area contributed by atoms with E-state index in [1.54, 1.807) is 0 Å². The lowest BCUT2D eigenvalue weighted by molar-refractivity contribution is -0.138. The van der Waals surface area contributed by atoms with Gasteiger partial charge in [0.15, 0.2) is 0 Å². The second kappa shape index (κ2) is 5.79. The van der Waals surface area contributed by atoms with Crippen molar-refractivity contribution < 1.29 is 18.0 Å². The maximum Gasteiger partial charge on any atom is 0.417 e.